The van der Waals surface area contributed by atoms with Gasteiger partial charge in [-0.25, -0.2) is 4.79 Å². The standard InChI is InChI=1S/C15H24BNO4/c1-10(2)19-13(18)12-8-11(9-17(12)7)16-20-14(3,4)15(5,6)21-16/h8-10H,1-7H3. The average molecular weight is 293 g/mol. The molecule has 0 atom stereocenters. The van der Waals surface area contributed by atoms with Gasteiger partial charge in [0, 0.05) is 18.7 Å². The van der Waals surface area contributed by atoms with Crippen LogP contribution in [0.1, 0.15) is 52.0 Å². The Hall–Kier alpha value is -1.27. The first kappa shape index (κ1) is 16.1. The van der Waals surface area contributed by atoms with Crippen molar-refractivity contribution in [1.82, 2.24) is 4.57 Å². The number of rotatable bonds is 3. The molecule has 0 radical (unpaired) electrons. The van der Waals surface area contributed by atoms with Crippen LogP contribution in [0.15, 0.2) is 12.3 Å². The first-order valence-corrected chi connectivity index (χ1v) is 7.26. The molecule has 21 heavy (non-hydrogen) atoms. The van der Waals surface area contributed by atoms with Crippen LogP contribution in [0.3, 0.4) is 0 Å². The van der Waals surface area contributed by atoms with Gasteiger partial charge in [0.05, 0.1) is 17.3 Å². The minimum Gasteiger partial charge on any atom is -0.458 e. The lowest BCUT2D eigenvalue weighted by Crippen LogP contribution is -2.41. The van der Waals surface area contributed by atoms with E-state index in [4.69, 9.17) is 14.0 Å². The zero-order chi connectivity index (χ0) is 16.0. The van der Waals surface area contributed by atoms with Crippen LogP contribution in [0.2, 0.25) is 0 Å². The van der Waals surface area contributed by atoms with Gasteiger partial charge in [0.25, 0.3) is 0 Å². The summed E-state index contributed by atoms with van der Waals surface area (Å²) in [5, 5.41) is 0. The number of esters is 1. The highest BCUT2D eigenvalue weighted by Gasteiger charge is 2.52. The van der Waals surface area contributed by atoms with Crippen LogP contribution >= 0.6 is 0 Å². The molecule has 0 amide bonds. The highest BCUT2D eigenvalue weighted by Crippen LogP contribution is 2.36. The summed E-state index contributed by atoms with van der Waals surface area (Å²) in [6, 6.07) is 1.77. The molecule has 6 heteroatoms. The van der Waals surface area contributed by atoms with E-state index in [1.165, 1.54) is 0 Å². The fourth-order valence-electron chi connectivity index (χ4n) is 2.18. The van der Waals surface area contributed by atoms with Gasteiger partial charge in [0.2, 0.25) is 0 Å². The first-order valence-electron chi connectivity index (χ1n) is 7.26. The van der Waals surface area contributed by atoms with Crippen LogP contribution in [0.4, 0.5) is 0 Å². The van der Waals surface area contributed by atoms with Crippen LogP contribution in [0.25, 0.3) is 0 Å². The van der Waals surface area contributed by atoms with Crippen molar-refractivity contribution in [3.05, 3.63) is 18.0 Å². The van der Waals surface area contributed by atoms with Gasteiger partial charge < -0.3 is 18.6 Å². The van der Waals surface area contributed by atoms with Crippen LogP contribution < -0.4 is 5.46 Å². The average Bonchev–Trinajstić information content (AvgIpc) is 2.77. The number of carbonyl (C=O) groups is 1. The van der Waals surface area contributed by atoms with Gasteiger partial charge in [-0.2, -0.15) is 0 Å². The number of hydrogen-bond donors (Lipinski definition) is 0. The Morgan fingerprint density at radius 2 is 1.76 bits per heavy atom. The number of ether oxygens (including phenoxy) is 1. The van der Waals surface area contributed by atoms with E-state index in [2.05, 4.69) is 0 Å². The zero-order valence-electron chi connectivity index (χ0n) is 13.9. The first-order chi connectivity index (χ1) is 9.53. The molecule has 2 rings (SSSR count). The third-order valence-electron chi connectivity index (χ3n) is 4.10. The normalized spacial score (nSPS) is 20.1. The van der Waals surface area contributed by atoms with Gasteiger partial charge in [-0.3, -0.25) is 0 Å². The van der Waals surface area contributed by atoms with Crippen LogP contribution in [-0.4, -0.2) is 35.0 Å². The predicted octanol–water partition coefficient (Wildman–Crippen LogP) is 1.89. The highest BCUT2D eigenvalue weighted by atomic mass is 16.7. The number of aromatic nitrogens is 1. The van der Waals surface area contributed by atoms with Crippen molar-refractivity contribution in [3.63, 3.8) is 0 Å². The van der Waals surface area contributed by atoms with Crippen molar-refractivity contribution in [2.75, 3.05) is 0 Å². The van der Waals surface area contributed by atoms with E-state index >= 15 is 0 Å². The van der Waals surface area contributed by atoms with E-state index in [0.717, 1.165) is 5.46 Å². The molecule has 116 valence electrons. The molecule has 1 aromatic heterocycles. The van der Waals surface area contributed by atoms with Gasteiger partial charge in [0.15, 0.2) is 0 Å². The Balaban J connectivity index is 2.22. The largest absolute Gasteiger partial charge is 0.496 e. The zero-order valence-corrected chi connectivity index (χ0v) is 13.9. The molecular weight excluding hydrogens is 269 g/mol. The molecule has 0 aromatic carbocycles. The molecule has 2 heterocycles. The molecule has 0 unspecified atom stereocenters. The van der Waals surface area contributed by atoms with Crippen molar-refractivity contribution in [2.45, 2.75) is 58.8 Å². The SMILES string of the molecule is CC(C)OC(=O)c1cc(B2OC(C)(C)C(C)(C)O2)cn1C. The lowest BCUT2D eigenvalue weighted by Gasteiger charge is -2.32. The molecule has 0 spiro atoms. The molecule has 5 nitrogen and oxygen atoms in total. The Morgan fingerprint density at radius 1 is 1.24 bits per heavy atom. The van der Waals surface area contributed by atoms with E-state index in [1.54, 1.807) is 10.6 Å². The summed E-state index contributed by atoms with van der Waals surface area (Å²) in [6.07, 6.45) is 1.70. The third-order valence-corrected chi connectivity index (χ3v) is 4.10. The molecular formula is C15H24BNO4. The van der Waals surface area contributed by atoms with Crippen LogP contribution in [-0.2, 0) is 21.1 Å². The summed E-state index contributed by atoms with van der Waals surface area (Å²) in [4.78, 5) is 12.0. The Bertz CT molecular complexity index is 532. The Morgan fingerprint density at radius 3 is 2.24 bits per heavy atom. The van der Waals surface area contributed by atoms with Gasteiger partial charge in [-0.1, -0.05) is 0 Å². The van der Waals surface area contributed by atoms with E-state index in [-0.39, 0.29) is 12.1 Å². The van der Waals surface area contributed by atoms with Crippen molar-refractivity contribution in [3.8, 4) is 0 Å². The Kier molecular flexibility index (Phi) is 3.97. The highest BCUT2D eigenvalue weighted by molar-refractivity contribution is 6.62. The maximum Gasteiger partial charge on any atom is 0.496 e. The van der Waals surface area contributed by atoms with E-state index in [9.17, 15) is 4.79 Å². The second kappa shape index (κ2) is 5.18. The number of nitrogens with zero attached hydrogens (tertiary/aromatic N) is 1. The molecule has 1 fully saturated rings. The van der Waals surface area contributed by atoms with Gasteiger partial charge in [0.1, 0.15) is 5.69 Å². The lowest BCUT2D eigenvalue weighted by atomic mass is 9.81. The third kappa shape index (κ3) is 3.01. The molecule has 1 aromatic rings. The second-order valence-corrected chi connectivity index (χ2v) is 6.81. The van der Waals surface area contributed by atoms with E-state index in [0.29, 0.717) is 5.69 Å². The van der Waals surface area contributed by atoms with Gasteiger partial charge in [-0.15, -0.1) is 0 Å². The smallest absolute Gasteiger partial charge is 0.458 e. The van der Waals surface area contributed by atoms with Crippen molar-refractivity contribution in [1.29, 1.82) is 0 Å². The monoisotopic (exact) mass is 293 g/mol. The summed E-state index contributed by atoms with van der Waals surface area (Å²) in [6.45, 7) is 11.7. The molecule has 1 aliphatic heterocycles. The summed E-state index contributed by atoms with van der Waals surface area (Å²) < 4.78 is 19.0. The minimum atomic E-state index is -0.471. The molecule has 1 saturated heterocycles. The number of carbonyl (C=O) groups excluding carboxylic acids is 1. The second-order valence-electron chi connectivity index (χ2n) is 6.81. The summed E-state index contributed by atoms with van der Waals surface area (Å²) in [5.41, 5.74) is 0.526. The van der Waals surface area contributed by atoms with Crippen molar-refractivity contribution in [2.24, 2.45) is 7.05 Å². The van der Waals surface area contributed by atoms with Crippen molar-refractivity contribution >= 4 is 18.6 Å². The van der Waals surface area contributed by atoms with Crippen LogP contribution in [0, 0.1) is 0 Å². The van der Waals surface area contributed by atoms with Gasteiger partial charge in [-0.05, 0) is 47.6 Å². The number of hydrogen-bond acceptors (Lipinski definition) is 4. The van der Waals surface area contributed by atoms with E-state index < -0.39 is 18.3 Å². The molecule has 1 aliphatic rings. The maximum absolute atomic E-state index is 12.0. The number of aryl methyl sites for hydroxylation is 1. The topological polar surface area (TPSA) is 49.7 Å². The fraction of sp³-hybridized carbons (Fsp3) is 0.667. The maximum atomic E-state index is 12.0. The molecule has 0 N–H and O–H groups in total. The van der Waals surface area contributed by atoms with Gasteiger partial charge >= 0.3 is 13.1 Å². The summed E-state index contributed by atoms with van der Waals surface area (Å²) >= 11 is 0. The minimum absolute atomic E-state index is 0.146. The summed E-state index contributed by atoms with van der Waals surface area (Å²) in [5.74, 6) is -0.338. The quantitative estimate of drug-likeness (QED) is 0.631. The van der Waals surface area contributed by atoms with E-state index in [1.807, 2.05) is 54.8 Å². The molecule has 0 bridgehead atoms. The molecule has 0 saturated carbocycles. The van der Waals surface area contributed by atoms with Crippen LogP contribution in [0.5, 0.6) is 0 Å². The Labute approximate surface area is 126 Å². The molecule has 0 aliphatic carbocycles. The van der Waals surface area contributed by atoms with Crippen molar-refractivity contribution < 1.29 is 18.8 Å². The lowest BCUT2D eigenvalue weighted by molar-refractivity contribution is 0.00578. The fourth-order valence-corrected chi connectivity index (χ4v) is 2.18. The summed E-state index contributed by atoms with van der Waals surface area (Å²) in [7, 11) is 1.34. The predicted molar refractivity (Wildman–Crippen MR) is 81.7 cm³/mol.